The van der Waals surface area contributed by atoms with Crippen molar-refractivity contribution in [2.45, 2.75) is 25.5 Å². The van der Waals surface area contributed by atoms with E-state index in [0.717, 1.165) is 5.56 Å². The van der Waals surface area contributed by atoms with Crippen molar-refractivity contribution < 1.29 is 14.3 Å². The lowest BCUT2D eigenvalue weighted by atomic mass is 10.2. The molecule has 2 amide bonds. The zero-order valence-corrected chi connectivity index (χ0v) is 13.7. The van der Waals surface area contributed by atoms with Crippen LogP contribution in [0.4, 0.5) is 5.69 Å². The molecule has 0 unspecified atom stereocenters. The molecule has 0 aromatic heterocycles. The largest absolute Gasteiger partial charge is 0.489 e. The number of hydrogen-bond donors (Lipinski definition) is 2. The van der Waals surface area contributed by atoms with E-state index in [1.807, 2.05) is 30.3 Å². The normalized spacial score (nSPS) is 16.5. The van der Waals surface area contributed by atoms with E-state index in [9.17, 15) is 9.59 Å². The topological polar surface area (TPSA) is 67.4 Å². The lowest BCUT2D eigenvalue weighted by Crippen LogP contribution is -2.37. The lowest BCUT2D eigenvalue weighted by Gasteiger charge is -2.12. The van der Waals surface area contributed by atoms with Crippen LogP contribution in [0.3, 0.4) is 0 Å². The highest BCUT2D eigenvalue weighted by molar-refractivity contribution is 6.30. The van der Waals surface area contributed by atoms with Crippen LogP contribution in [-0.4, -0.2) is 17.9 Å². The van der Waals surface area contributed by atoms with Crippen LogP contribution in [0.5, 0.6) is 5.75 Å². The van der Waals surface area contributed by atoms with E-state index < -0.39 is 6.04 Å². The molecule has 1 atom stereocenters. The first kappa shape index (κ1) is 16.3. The van der Waals surface area contributed by atoms with Gasteiger partial charge in [0.1, 0.15) is 18.4 Å². The van der Waals surface area contributed by atoms with E-state index in [4.69, 9.17) is 16.3 Å². The molecule has 0 spiro atoms. The summed E-state index contributed by atoms with van der Waals surface area (Å²) in [5.74, 6) is 0.351. The molecule has 1 aliphatic rings. The molecule has 2 aromatic rings. The maximum Gasteiger partial charge on any atom is 0.246 e. The Morgan fingerprint density at radius 1 is 1.25 bits per heavy atom. The van der Waals surface area contributed by atoms with Crippen molar-refractivity contribution in [3.8, 4) is 5.75 Å². The van der Waals surface area contributed by atoms with Gasteiger partial charge in [0.25, 0.3) is 0 Å². The zero-order valence-electron chi connectivity index (χ0n) is 12.9. The average molecular weight is 345 g/mol. The van der Waals surface area contributed by atoms with Gasteiger partial charge in [-0.2, -0.15) is 0 Å². The van der Waals surface area contributed by atoms with Gasteiger partial charge in [-0.05, 0) is 36.2 Å². The fraction of sp³-hybridized carbons (Fsp3) is 0.222. The fourth-order valence-electron chi connectivity index (χ4n) is 2.45. The predicted octanol–water partition coefficient (Wildman–Crippen LogP) is 3.14. The third kappa shape index (κ3) is 4.26. The number of benzene rings is 2. The molecule has 2 aromatic carbocycles. The third-order valence-electron chi connectivity index (χ3n) is 3.73. The molecular formula is C18H17ClN2O3. The number of amides is 2. The van der Waals surface area contributed by atoms with Gasteiger partial charge in [0, 0.05) is 23.2 Å². The standard InChI is InChI=1S/C18H17ClN2O3/c19-13-6-4-12(5-7-13)11-24-15-3-1-2-14(10-15)20-18(23)16-8-9-17(22)21-16/h1-7,10,16H,8-9,11H2,(H,20,23)(H,21,22)/t16-/m1/s1. The second-order valence-electron chi connectivity index (χ2n) is 5.59. The van der Waals surface area contributed by atoms with E-state index in [2.05, 4.69) is 10.6 Å². The molecule has 6 heteroatoms. The van der Waals surface area contributed by atoms with Gasteiger partial charge in [-0.1, -0.05) is 29.8 Å². The van der Waals surface area contributed by atoms with Gasteiger partial charge in [0.2, 0.25) is 11.8 Å². The first-order valence-electron chi connectivity index (χ1n) is 7.68. The van der Waals surface area contributed by atoms with Crippen molar-refractivity contribution in [3.63, 3.8) is 0 Å². The summed E-state index contributed by atoms with van der Waals surface area (Å²) in [7, 11) is 0. The molecule has 0 saturated carbocycles. The van der Waals surface area contributed by atoms with Gasteiger partial charge in [0.15, 0.2) is 0 Å². The SMILES string of the molecule is O=C1CC[C@H](C(=O)Nc2cccc(OCc3ccc(Cl)cc3)c2)N1. The quantitative estimate of drug-likeness (QED) is 0.875. The monoisotopic (exact) mass is 344 g/mol. The van der Waals surface area contributed by atoms with Crippen LogP contribution in [0.1, 0.15) is 18.4 Å². The van der Waals surface area contributed by atoms with Crippen LogP contribution in [0, 0.1) is 0 Å². The Kier molecular flexibility index (Phi) is 5.01. The number of hydrogen-bond acceptors (Lipinski definition) is 3. The molecule has 1 fully saturated rings. The average Bonchev–Trinajstić information content (AvgIpc) is 3.01. The van der Waals surface area contributed by atoms with Crippen molar-refractivity contribution >= 4 is 29.1 Å². The first-order valence-corrected chi connectivity index (χ1v) is 8.05. The number of ether oxygens (including phenoxy) is 1. The molecular weight excluding hydrogens is 328 g/mol. The Balaban J connectivity index is 1.58. The molecule has 5 nitrogen and oxygen atoms in total. The van der Waals surface area contributed by atoms with Crippen molar-refractivity contribution in [2.24, 2.45) is 0 Å². The Bertz CT molecular complexity index is 746. The third-order valence-corrected chi connectivity index (χ3v) is 3.98. The Morgan fingerprint density at radius 2 is 2.04 bits per heavy atom. The number of halogens is 1. The summed E-state index contributed by atoms with van der Waals surface area (Å²) in [5.41, 5.74) is 1.64. The van der Waals surface area contributed by atoms with Gasteiger partial charge in [-0.3, -0.25) is 9.59 Å². The molecule has 0 bridgehead atoms. The zero-order chi connectivity index (χ0) is 16.9. The van der Waals surface area contributed by atoms with Crippen LogP contribution in [0.25, 0.3) is 0 Å². The highest BCUT2D eigenvalue weighted by atomic mass is 35.5. The van der Waals surface area contributed by atoms with Gasteiger partial charge in [-0.25, -0.2) is 0 Å². The lowest BCUT2D eigenvalue weighted by molar-refractivity contribution is -0.122. The Labute approximate surface area is 145 Å². The van der Waals surface area contributed by atoms with Crippen molar-refractivity contribution in [2.75, 3.05) is 5.32 Å². The van der Waals surface area contributed by atoms with E-state index in [0.29, 0.717) is 35.9 Å². The maximum atomic E-state index is 12.1. The minimum Gasteiger partial charge on any atom is -0.489 e. The van der Waals surface area contributed by atoms with Gasteiger partial charge in [0.05, 0.1) is 0 Å². The summed E-state index contributed by atoms with van der Waals surface area (Å²) in [4.78, 5) is 23.3. The van der Waals surface area contributed by atoms with Crippen molar-refractivity contribution in [3.05, 3.63) is 59.1 Å². The van der Waals surface area contributed by atoms with E-state index in [1.54, 1.807) is 18.2 Å². The van der Waals surface area contributed by atoms with Gasteiger partial charge in [-0.15, -0.1) is 0 Å². The molecule has 0 radical (unpaired) electrons. The molecule has 3 rings (SSSR count). The molecule has 124 valence electrons. The van der Waals surface area contributed by atoms with Crippen molar-refractivity contribution in [1.82, 2.24) is 5.32 Å². The number of anilines is 1. The van der Waals surface area contributed by atoms with Crippen LogP contribution in [0.15, 0.2) is 48.5 Å². The molecule has 1 aliphatic heterocycles. The highest BCUT2D eigenvalue weighted by Crippen LogP contribution is 2.20. The predicted molar refractivity (Wildman–Crippen MR) is 92.0 cm³/mol. The molecule has 1 heterocycles. The molecule has 2 N–H and O–H groups in total. The molecule has 0 aliphatic carbocycles. The molecule has 24 heavy (non-hydrogen) atoms. The van der Waals surface area contributed by atoms with E-state index >= 15 is 0 Å². The summed E-state index contributed by atoms with van der Waals surface area (Å²) < 4.78 is 5.73. The summed E-state index contributed by atoms with van der Waals surface area (Å²) >= 11 is 5.85. The second-order valence-corrected chi connectivity index (χ2v) is 6.03. The Morgan fingerprint density at radius 3 is 2.75 bits per heavy atom. The highest BCUT2D eigenvalue weighted by Gasteiger charge is 2.27. The minimum atomic E-state index is -0.462. The first-order chi connectivity index (χ1) is 11.6. The van der Waals surface area contributed by atoms with Gasteiger partial charge < -0.3 is 15.4 Å². The van der Waals surface area contributed by atoms with Gasteiger partial charge >= 0.3 is 0 Å². The molecule has 1 saturated heterocycles. The van der Waals surface area contributed by atoms with Crippen molar-refractivity contribution in [1.29, 1.82) is 0 Å². The van der Waals surface area contributed by atoms with E-state index in [-0.39, 0.29) is 11.8 Å². The summed E-state index contributed by atoms with van der Waals surface area (Å²) in [6.45, 7) is 0.410. The second kappa shape index (κ2) is 7.36. The van der Waals surface area contributed by atoms with Crippen LogP contribution < -0.4 is 15.4 Å². The number of nitrogens with one attached hydrogen (secondary N) is 2. The summed E-state index contributed by atoms with van der Waals surface area (Å²) in [6.07, 6.45) is 0.916. The van der Waals surface area contributed by atoms with E-state index in [1.165, 1.54) is 0 Å². The van der Waals surface area contributed by atoms with Crippen LogP contribution in [0.2, 0.25) is 5.02 Å². The maximum absolute atomic E-state index is 12.1. The smallest absolute Gasteiger partial charge is 0.246 e. The number of rotatable bonds is 5. The minimum absolute atomic E-state index is 0.0878. The Hall–Kier alpha value is -2.53. The summed E-state index contributed by atoms with van der Waals surface area (Å²) in [5, 5.41) is 6.13. The number of carbonyl (C=O) groups is 2. The number of carbonyl (C=O) groups excluding carboxylic acids is 2. The van der Waals surface area contributed by atoms with Crippen LogP contribution >= 0.6 is 11.6 Å². The summed E-state index contributed by atoms with van der Waals surface area (Å²) in [6, 6.07) is 14.1. The van der Waals surface area contributed by atoms with Crippen LogP contribution in [-0.2, 0) is 16.2 Å². The fourth-order valence-corrected chi connectivity index (χ4v) is 2.58.